The number of rotatable bonds is 7. The largest absolute Gasteiger partial charge is 0.342 e. The highest BCUT2D eigenvalue weighted by Gasteiger charge is 2.14. The molecule has 2 rings (SSSR count). The zero-order chi connectivity index (χ0) is 19.9. The van der Waals surface area contributed by atoms with Crippen molar-refractivity contribution in [3.8, 4) is 0 Å². The van der Waals surface area contributed by atoms with Gasteiger partial charge in [0.15, 0.2) is 0 Å². The van der Waals surface area contributed by atoms with E-state index in [0.29, 0.717) is 13.1 Å². The van der Waals surface area contributed by atoms with Crippen LogP contribution in [0.3, 0.4) is 0 Å². The molecule has 4 heteroatoms. The highest BCUT2D eigenvalue weighted by atomic mass is 16.2. The molecule has 1 N–H and O–H groups in total. The summed E-state index contributed by atoms with van der Waals surface area (Å²) in [5, 5.41) is 2.91. The number of nitrogens with one attached hydrogen (secondary N) is 1. The summed E-state index contributed by atoms with van der Waals surface area (Å²) >= 11 is 0. The van der Waals surface area contributed by atoms with Crippen molar-refractivity contribution in [3.63, 3.8) is 0 Å². The van der Waals surface area contributed by atoms with Crippen molar-refractivity contribution in [2.24, 2.45) is 0 Å². The first-order valence-electron chi connectivity index (χ1n) is 9.45. The highest BCUT2D eigenvalue weighted by molar-refractivity contribution is 5.91. The molecule has 0 saturated carbocycles. The smallest absolute Gasteiger partial charge is 0.226 e. The summed E-state index contributed by atoms with van der Waals surface area (Å²) in [5.41, 5.74) is 3.28. The molecule has 0 fully saturated rings. The number of hydrogen-bond acceptors (Lipinski definition) is 2. The Morgan fingerprint density at radius 2 is 1.56 bits per heavy atom. The maximum Gasteiger partial charge on any atom is 0.226 e. The van der Waals surface area contributed by atoms with E-state index >= 15 is 0 Å². The van der Waals surface area contributed by atoms with E-state index in [1.165, 1.54) is 11.1 Å². The maximum atomic E-state index is 12.2. The Kier molecular flexibility index (Phi) is 7.17. The van der Waals surface area contributed by atoms with E-state index in [9.17, 15) is 9.59 Å². The summed E-state index contributed by atoms with van der Waals surface area (Å²) in [4.78, 5) is 25.8. The van der Waals surface area contributed by atoms with Crippen LogP contribution in [0.4, 0.5) is 5.69 Å². The number of benzene rings is 2. The van der Waals surface area contributed by atoms with Gasteiger partial charge in [-0.15, -0.1) is 0 Å². The van der Waals surface area contributed by atoms with Crippen LogP contribution in [0, 0.1) is 0 Å². The normalized spacial score (nSPS) is 11.1. The van der Waals surface area contributed by atoms with Crippen LogP contribution in [0.2, 0.25) is 0 Å². The fourth-order valence-corrected chi connectivity index (χ4v) is 2.85. The molecule has 0 aliphatic rings. The van der Waals surface area contributed by atoms with Crippen molar-refractivity contribution in [3.05, 3.63) is 65.7 Å². The van der Waals surface area contributed by atoms with Gasteiger partial charge in [-0.1, -0.05) is 63.2 Å². The third-order valence-electron chi connectivity index (χ3n) is 4.60. The van der Waals surface area contributed by atoms with E-state index in [1.54, 1.807) is 11.8 Å². The van der Waals surface area contributed by atoms with Crippen LogP contribution in [-0.4, -0.2) is 29.8 Å². The van der Waals surface area contributed by atoms with E-state index in [-0.39, 0.29) is 23.7 Å². The minimum atomic E-state index is -0.0792. The average molecular weight is 367 g/mol. The van der Waals surface area contributed by atoms with E-state index in [2.05, 4.69) is 26.1 Å². The monoisotopic (exact) mass is 366 g/mol. The quantitative estimate of drug-likeness (QED) is 0.789. The third kappa shape index (κ3) is 6.89. The molecule has 0 unspecified atom stereocenters. The first-order chi connectivity index (χ1) is 12.8. The zero-order valence-electron chi connectivity index (χ0n) is 16.8. The second-order valence-electron chi connectivity index (χ2n) is 7.87. The van der Waals surface area contributed by atoms with Gasteiger partial charge >= 0.3 is 0 Å². The predicted octanol–water partition coefficient (Wildman–Crippen LogP) is 4.40. The van der Waals surface area contributed by atoms with Gasteiger partial charge in [0.05, 0.1) is 0 Å². The van der Waals surface area contributed by atoms with Crippen LogP contribution in [-0.2, 0) is 21.4 Å². The highest BCUT2D eigenvalue weighted by Crippen LogP contribution is 2.23. The van der Waals surface area contributed by atoms with E-state index in [0.717, 1.165) is 12.1 Å². The van der Waals surface area contributed by atoms with Crippen molar-refractivity contribution >= 4 is 17.5 Å². The predicted molar refractivity (Wildman–Crippen MR) is 111 cm³/mol. The van der Waals surface area contributed by atoms with Crippen LogP contribution in [0.25, 0.3) is 0 Å². The summed E-state index contributed by atoms with van der Waals surface area (Å²) in [6, 6.07) is 18.0. The molecular formula is C23H30N2O2. The number of carbonyl (C=O) groups is 2. The fourth-order valence-electron chi connectivity index (χ4n) is 2.85. The van der Waals surface area contributed by atoms with E-state index in [4.69, 9.17) is 0 Å². The average Bonchev–Trinajstić information content (AvgIpc) is 2.62. The molecule has 27 heavy (non-hydrogen) atoms. The lowest BCUT2D eigenvalue weighted by Crippen LogP contribution is -2.33. The van der Waals surface area contributed by atoms with Gasteiger partial charge in [-0.05, 0) is 35.1 Å². The lowest BCUT2D eigenvalue weighted by molar-refractivity contribution is -0.129. The van der Waals surface area contributed by atoms with Crippen LogP contribution in [0.5, 0.6) is 0 Å². The summed E-state index contributed by atoms with van der Waals surface area (Å²) in [5.74, 6) is -0.0854. The lowest BCUT2D eigenvalue weighted by atomic mass is 9.87. The van der Waals surface area contributed by atoms with Gasteiger partial charge in [-0.3, -0.25) is 9.59 Å². The summed E-state index contributed by atoms with van der Waals surface area (Å²) in [6.07, 6.45) is 1.08. The van der Waals surface area contributed by atoms with Gasteiger partial charge in [-0.25, -0.2) is 0 Å². The molecule has 0 heterocycles. The lowest BCUT2D eigenvalue weighted by Gasteiger charge is -2.21. The number of hydrogen-bond donors (Lipinski definition) is 1. The van der Waals surface area contributed by atoms with Crippen molar-refractivity contribution in [1.29, 1.82) is 0 Å². The molecule has 0 aromatic heterocycles. The molecule has 4 nitrogen and oxygen atoms in total. The summed E-state index contributed by atoms with van der Waals surface area (Å²) < 4.78 is 0. The van der Waals surface area contributed by atoms with Crippen molar-refractivity contribution < 1.29 is 9.59 Å². The summed E-state index contributed by atoms with van der Waals surface area (Å²) in [6.45, 7) is 9.07. The van der Waals surface area contributed by atoms with Gasteiger partial charge in [0.1, 0.15) is 0 Å². The van der Waals surface area contributed by atoms with Crippen molar-refractivity contribution in [2.75, 3.05) is 18.4 Å². The minimum absolute atomic E-state index is 0.00624. The topological polar surface area (TPSA) is 49.4 Å². The van der Waals surface area contributed by atoms with Crippen LogP contribution in [0.15, 0.2) is 54.6 Å². The second kappa shape index (κ2) is 9.36. The van der Waals surface area contributed by atoms with E-state index in [1.807, 2.05) is 54.6 Å². The first kappa shape index (κ1) is 20.7. The molecule has 0 radical (unpaired) electrons. The molecule has 2 aromatic carbocycles. The number of carbonyl (C=O) groups excluding carboxylic acids is 2. The van der Waals surface area contributed by atoms with Crippen molar-refractivity contribution in [1.82, 2.24) is 4.90 Å². The van der Waals surface area contributed by atoms with Gasteiger partial charge in [0, 0.05) is 32.1 Å². The Balaban J connectivity index is 1.83. The number of amides is 2. The fraction of sp³-hybridized carbons (Fsp3) is 0.391. The number of anilines is 1. The Hall–Kier alpha value is -2.62. The standard InChI is InChI=1S/C23H30N2O2/c1-18(26)25(16-14-19-8-6-5-7-9-19)17-15-22(27)24-21-12-10-20(11-13-21)23(2,3)4/h5-13H,14-17H2,1-4H3,(H,24,27). The van der Waals surface area contributed by atoms with Crippen LogP contribution in [0.1, 0.15) is 45.2 Å². The molecule has 0 aliphatic heterocycles. The van der Waals surface area contributed by atoms with Gasteiger partial charge < -0.3 is 10.2 Å². The molecule has 0 bridgehead atoms. The molecule has 0 spiro atoms. The van der Waals surface area contributed by atoms with Crippen LogP contribution >= 0.6 is 0 Å². The maximum absolute atomic E-state index is 12.2. The molecule has 144 valence electrons. The number of nitrogens with zero attached hydrogens (tertiary/aromatic N) is 1. The van der Waals surface area contributed by atoms with E-state index < -0.39 is 0 Å². The minimum Gasteiger partial charge on any atom is -0.342 e. The van der Waals surface area contributed by atoms with Gasteiger partial charge in [0.2, 0.25) is 11.8 Å². The SMILES string of the molecule is CC(=O)N(CCC(=O)Nc1ccc(C(C)(C)C)cc1)CCc1ccccc1. The van der Waals surface area contributed by atoms with Crippen LogP contribution < -0.4 is 5.32 Å². The Bertz CT molecular complexity index is 746. The second-order valence-corrected chi connectivity index (χ2v) is 7.87. The van der Waals surface area contributed by atoms with Crippen molar-refractivity contribution in [2.45, 2.75) is 46.0 Å². The van der Waals surface area contributed by atoms with Gasteiger partial charge in [0.25, 0.3) is 0 Å². The molecule has 0 aliphatic carbocycles. The Morgan fingerprint density at radius 1 is 0.926 bits per heavy atom. The Morgan fingerprint density at radius 3 is 2.11 bits per heavy atom. The third-order valence-corrected chi connectivity index (χ3v) is 4.60. The zero-order valence-corrected chi connectivity index (χ0v) is 16.8. The Labute approximate surface area is 162 Å². The molecule has 0 saturated heterocycles. The molecule has 0 atom stereocenters. The molecular weight excluding hydrogens is 336 g/mol. The molecule has 2 amide bonds. The summed E-state index contributed by atoms with van der Waals surface area (Å²) in [7, 11) is 0. The first-order valence-corrected chi connectivity index (χ1v) is 9.45. The van der Waals surface area contributed by atoms with Gasteiger partial charge in [-0.2, -0.15) is 0 Å². The molecule has 2 aromatic rings.